The highest BCUT2D eigenvalue weighted by Gasteiger charge is 2.17. The minimum Gasteiger partial charge on any atom is -0.379 e. The highest BCUT2D eigenvalue weighted by atomic mass is 16.5. The molecule has 0 amide bonds. The van der Waals surface area contributed by atoms with E-state index in [0.717, 1.165) is 6.61 Å². The summed E-state index contributed by atoms with van der Waals surface area (Å²) in [6, 6.07) is 8.80. The van der Waals surface area contributed by atoms with Crippen molar-refractivity contribution >= 4 is 0 Å². The Kier molecular flexibility index (Phi) is 7.82. The monoisotopic (exact) mass is 279 g/mol. The molecule has 0 fully saturated rings. The van der Waals surface area contributed by atoms with Gasteiger partial charge >= 0.3 is 0 Å². The van der Waals surface area contributed by atoms with Gasteiger partial charge in [-0.1, -0.05) is 43.7 Å². The van der Waals surface area contributed by atoms with E-state index >= 15 is 0 Å². The number of benzene rings is 1. The van der Waals surface area contributed by atoms with Crippen LogP contribution in [0.2, 0.25) is 0 Å². The molecule has 0 aliphatic heterocycles. The van der Waals surface area contributed by atoms with Crippen molar-refractivity contribution in [3.63, 3.8) is 0 Å². The van der Waals surface area contributed by atoms with E-state index in [1.165, 1.54) is 11.1 Å². The van der Waals surface area contributed by atoms with Crippen LogP contribution in [0.3, 0.4) is 0 Å². The summed E-state index contributed by atoms with van der Waals surface area (Å²) in [5, 5.41) is 3.33. The Morgan fingerprint density at radius 3 is 2.25 bits per heavy atom. The van der Waals surface area contributed by atoms with Crippen LogP contribution < -0.4 is 5.32 Å². The van der Waals surface area contributed by atoms with Crippen molar-refractivity contribution in [3.8, 4) is 0 Å². The van der Waals surface area contributed by atoms with Crippen LogP contribution in [0, 0.1) is 12.8 Å². The van der Waals surface area contributed by atoms with Crippen LogP contribution in [0.25, 0.3) is 0 Å². The molecular weight excluding hydrogens is 250 g/mol. The second-order valence-electron chi connectivity index (χ2n) is 5.72. The highest BCUT2D eigenvalue weighted by molar-refractivity contribution is 5.24. The first-order chi connectivity index (χ1) is 9.54. The number of ether oxygens (including phenoxy) is 2. The van der Waals surface area contributed by atoms with Crippen molar-refractivity contribution in [1.82, 2.24) is 5.32 Å². The van der Waals surface area contributed by atoms with Crippen molar-refractivity contribution in [2.45, 2.75) is 39.8 Å². The second kappa shape index (κ2) is 9.11. The van der Waals surface area contributed by atoms with Gasteiger partial charge in [-0.05, 0) is 32.4 Å². The second-order valence-corrected chi connectivity index (χ2v) is 5.72. The standard InChI is InChI=1S/C17H29NO2/c1-13(2)12-19-10-11-20-15(4)17(18-5)16-8-6-14(3)7-9-16/h6-9,13,15,17-18H,10-12H2,1-5H3. The normalized spacial score (nSPS) is 14.5. The molecule has 0 radical (unpaired) electrons. The zero-order valence-electron chi connectivity index (χ0n) is 13.5. The first-order valence-electron chi connectivity index (χ1n) is 7.47. The molecular formula is C17H29NO2. The summed E-state index contributed by atoms with van der Waals surface area (Å²) in [6.45, 7) is 10.6. The highest BCUT2D eigenvalue weighted by Crippen LogP contribution is 2.19. The molecule has 0 saturated heterocycles. The van der Waals surface area contributed by atoms with Crippen LogP contribution in [0.4, 0.5) is 0 Å². The van der Waals surface area contributed by atoms with Crippen LogP contribution in [-0.2, 0) is 9.47 Å². The van der Waals surface area contributed by atoms with Crippen LogP contribution in [0.15, 0.2) is 24.3 Å². The Hall–Kier alpha value is -0.900. The minimum atomic E-state index is 0.116. The third kappa shape index (κ3) is 6.04. The summed E-state index contributed by atoms with van der Waals surface area (Å²) in [5.74, 6) is 0.574. The zero-order chi connectivity index (χ0) is 15.0. The molecule has 1 rings (SSSR count). The molecule has 20 heavy (non-hydrogen) atoms. The third-order valence-electron chi connectivity index (χ3n) is 3.28. The number of likely N-dealkylation sites (N-methyl/N-ethyl adjacent to an activating group) is 1. The average molecular weight is 279 g/mol. The fraction of sp³-hybridized carbons (Fsp3) is 0.647. The van der Waals surface area contributed by atoms with E-state index in [4.69, 9.17) is 9.47 Å². The van der Waals surface area contributed by atoms with E-state index in [0.29, 0.717) is 19.1 Å². The number of aryl methyl sites for hydroxylation is 1. The lowest BCUT2D eigenvalue weighted by molar-refractivity contribution is -0.00729. The number of hydrogen-bond acceptors (Lipinski definition) is 3. The predicted octanol–water partition coefficient (Wildman–Crippen LogP) is 3.33. The molecule has 2 atom stereocenters. The maximum Gasteiger partial charge on any atom is 0.0742 e. The molecule has 0 spiro atoms. The Labute approximate surface area is 123 Å². The third-order valence-corrected chi connectivity index (χ3v) is 3.28. The molecule has 1 aromatic carbocycles. The van der Waals surface area contributed by atoms with Gasteiger partial charge in [0.1, 0.15) is 0 Å². The van der Waals surface area contributed by atoms with Crippen molar-refractivity contribution in [2.24, 2.45) is 5.92 Å². The molecule has 2 unspecified atom stereocenters. The zero-order valence-corrected chi connectivity index (χ0v) is 13.5. The smallest absolute Gasteiger partial charge is 0.0742 e. The number of hydrogen-bond donors (Lipinski definition) is 1. The van der Waals surface area contributed by atoms with Crippen LogP contribution in [0.1, 0.15) is 37.9 Å². The van der Waals surface area contributed by atoms with Gasteiger partial charge in [-0.25, -0.2) is 0 Å². The Morgan fingerprint density at radius 2 is 1.70 bits per heavy atom. The lowest BCUT2D eigenvalue weighted by Crippen LogP contribution is -2.30. The average Bonchev–Trinajstić information content (AvgIpc) is 2.41. The summed E-state index contributed by atoms with van der Waals surface area (Å²) >= 11 is 0. The van der Waals surface area contributed by atoms with E-state index in [2.05, 4.69) is 57.3 Å². The van der Waals surface area contributed by atoms with E-state index in [1.54, 1.807) is 0 Å². The first-order valence-corrected chi connectivity index (χ1v) is 7.47. The predicted molar refractivity (Wildman–Crippen MR) is 84.1 cm³/mol. The lowest BCUT2D eigenvalue weighted by atomic mass is 10.0. The fourth-order valence-electron chi connectivity index (χ4n) is 2.15. The molecule has 0 aliphatic carbocycles. The first kappa shape index (κ1) is 17.2. The van der Waals surface area contributed by atoms with Gasteiger partial charge in [-0.2, -0.15) is 0 Å². The minimum absolute atomic E-state index is 0.116. The molecule has 0 bridgehead atoms. The van der Waals surface area contributed by atoms with Crippen molar-refractivity contribution in [2.75, 3.05) is 26.9 Å². The summed E-state index contributed by atoms with van der Waals surface area (Å²) in [7, 11) is 1.97. The largest absolute Gasteiger partial charge is 0.379 e. The summed E-state index contributed by atoms with van der Waals surface area (Å²) in [5.41, 5.74) is 2.54. The van der Waals surface area contributed by atoms with Gasteiger partial charge < -0.3 is 14.8 Å². The van der Waals surface area contributed by atoms with E-state index in [-0.39, 0.29) is 12.1 Å². The molecule has 0 aliphatic rings. The maximum atomic E-state index is 5.87. The van der Waals surface area contributed by atoms with E-state index in [1.807, 2.05) is 7.05 Å². The molecule has 1 N–H and O–H groups in total. The van der Waals surface area contributed by atoms with E-state index in [9.17, 15) is 0 Å². The molecule has 114 valence electrons. The molecule has 0 saturated carbocycles. The Morgan fingerprint density at radius 1 is 1.05 bits per heavy atom. The van der Waals surface area contributed by atoms with Crippen LogP contribution >= 0.6 is 0 Å². The molecule has 0 heterocycles. The van der Waals surface area contributed by atoms with Gasteiger partial charge in [0.05, 0.1) is 25.4 Å². The number of nitrogens with one attached hydrogen (secondary N) is 1. The Bertz CT molecular complexity index is 362. The molecule has 3 heteroatoms. The van der Waals surface area contributed by atoms with Crippen LogP contribution in [-0.4, -0.2) is 33.0 Å². The van der Waals surface area contributed by atoms with Crippen molar-refractivity contribution in [3.05, 3.63) is 35.4 Å². The Balaban J connectivity index is 2.39. The topological polar surface area (TPSA) is 30.5 Å². The van der Waals surface area contributed by atoms with Crippen LogP contribution in [0.5, 0.6) is 0 Å². The SMILES string of the molecule is CNC(c1ccc(C)cc1)C(C)OCCOCC(C)C. The van der Waals surface area contributed by atoms with E-state index < -0.39 is 0 Å². The van der Waals surface area contributed by atoms with Gasteiger partial charge in [-0.15, -0.1) is 0 Å². The van der Waals surface area contributed by atoms with Crippen molar-refractivity contribution in [1.29, 1.82) is 0 Å². The van der Waals surface area contributed by atoms with Gasteiger partial charge in [0.15, 0.2) is 0 Å². The maximum absolute atomic E-state index is 5.87. The summed E-state index contributed by atoms with van der Waals surface area (Å²) < 4.78 is 11.4. The molecule has 0 aromatic heterocycles. The van der Waals surface area contributed by atoms with Gasteiger partial charge in [0.2, 0.25) is 0 Å². The lowest BCUT2D eigenvalue weighted by Gasteiger charge is -2.24. The number of rotatable bonds is 9. The summed E-state index contributed by atoms with van der Waals surface area (Å²) in [6.07, 6.45) is 0.116. The van der Waals surface area contributed by atoms with Gasteiger partial charge in [-0.3, -0.25) is 0 Å². The fourth-order valence-corrected chi connectivity index (χ4v) is 2.15. The summed E-state index contributed by atoms with van der Waals surface area (Å²) in [4.78, 5) is 0. The van der Waals surface area contributed by atoms with Crippen molar-refractivity contribution < 1.29 is 9.47 Å². The van der Waals surface area contributed by atoms with Gasteiger partial charge in [0, 0.05) is 6.61 Å². The molecule has 3 nitrogen and oxygen atoms in total. The quantitative estimate of drug-likeness (QED) is 0.703. The van der Waals surface area contributed by atoms with Gasteiger partial charge in [0.25, 0.3) is 0 Å². The molecule has 1 aromatic rings.